The SMILES string of the molecule is CCO[Si]1(OCC)CCCOCC(CN(c2ccccc2)C2CCCCC2)O1. The molecule has 1 aliphatic heterocycles. The lowest BCUT2D eigenvalue weighted by atomic mass is 9.93. The Hall–Kier alpha value is -0.923. The first-order chi connectivity index (χ1) is 13.8. The Bertz CT molecular complexity index is 547. The minimum atomic E-state index is -2.65. The van der Waals surface area contributed by atoms with Crippen LogP contribution in [0.1, 0.15) is 52.4 Å². The lowest BCUT2D eigenvalue weighted by molar-refractivity contribution is -0.0226. The Labute approximate surface area is 171 Å². The lowest BCUT2D eigenvalue weighted by Gasteiger charge is -2.41. The van der Waals surface area contributed by atoms with Crippen LogP contribution in [0.2, 0.25) is 6.04 Å². The second-order valence-corrected chi connectivity index (χ2v) is 10.4. The van der Waals surface area contributed by atoms with E-state index in [1.54, 1.807) is 0 Å². The summed E-state index contributed by atoms with van der Waals surface area (Å²) >= 11 is 0. The number of hydrogen-bond donors (Lipinski definition) is 0. The fraction of sp³-hybridized carbons (Fsp3) is 0.727. The summed E-state index contributed by atoms with van der Waals surface area (Å²) in [5, 5.41) is 0. The number of hydrogen-bond acceptors (Lipinski definition) is 5. The normalized spacial score (nSPS) is 23.7. The smallest absolute Gasteiger partial charge is 0.379 e. The van der Waals surface area contributed by atoms with Crippen molar-refractivity contribution in [3.05, 3.63) is 30.3 Å². The van der Waals surface area contributed by atoms with Crippen molar-refractivity contribution in [3.63, 3.8) is 0 Å². The lowest BCUT2D eigenvalue weighted by Crippen LogP contribution is -2.54. The summed E-state index contributed by atoms with van der Waals surface area (Å²) in [5.74, 6) is 0. The molecule has 0 amide bonds. The van der Waals surface area contributed by atoms with Crippen molar-refractivity contribution in [1.82, 2.24) is 0 Å². The summed E-state index contributed by atoms with van der Waals surface area (Å²) in [6.45, 7) is 7.49. The summed E-state index contributed by atoms with van der Waals surface area (Å²) in [6.07, 6.45) is 7.38. The molecule has 2 fully saturated rings. The zero-order valence-corrected chi connectivity index (χ0v) is 18.6. The van der Waals surface area contributed by atoms with Crippen LogP contribution in [-0.2, 0) is 18.0 Å². The van der Waals surface area contributed by atoms with Gasteiger partial charge in [-0.2, -0.15) is 0 Å². The molecule has 1 saturated carbocycles. The molecule has 0 aromatic heterocycles. The van der Waals surface area contributed by atoms with E-state index in [1.807, 2.05) is 13.8 Å². The zero-order valence-electron chi connectivity index (χ0n) is 17.6. The first-order valence-corrected chi connectivity index (χ1v) is 13.0. The van der Waals surface area contributed by atoms with Crippen LogP contribution in [0.3, 0.4) is 0 Å². The van der Waals surface area contributed by atoms with Crippen LogP contribution in [0, 0.1) is 0 Å². The molecule has 2 aliphatic rings. The van der Waals surface area contributed by atoms with Gasteiger partial charge in [-0.05, 0) is 45.2 Å². The Morgan fingerprint density at radius 3 is 2.39 bits per heavy atom. The molecular weight excluding hydrogens is 370 g/mol. The van der Waals surface area contributed by atoms with Gasteiger partial charge >= 0.3 is 8.80 Å². The standard InChI is InChI=1S/C22H37NO4Si/c1-3-25-28(26-4-2)17-11-16-24-19-22(27-28)18-23(20-12-7-5-8-13-20)21-14-9-6-10-15-21/h5,7-8,12-13,21-22H,3-4,6,9-11,14-19H2,1-2H3. The van der Waals surface area contributed by atoms with E-state index >= 15 is 0 Å². The summed E-state index contributed by atoms with van der Waals surface area (Å²) in [4.78, 5) is 2.55. The van der Waals surface area contributed by atoms with Crippen molar-refractivity contribution >= 4 is 14.5 Å². The highest BCUT2D eigenvalue weighted by molar-refractivity contribution is 6.60. The highest BCUT2D eigenvalue weighted by Crippen LogP contribution is 2.29. The summed E-state index contributed by atoms with van der Waals surface area (Å²) in [5.41, 5.74) is 1.28. The van der Waals surface area contributed by atoms with Gasteiger partial charge in [0.15, 0.2) is 0 Å². The van der Waals surface area contributed by atoms with E-state index in [-0.39, 0.29) is 6.10 Å². The number of ether oxygens (including phenoxy) is 1. The number of nitrogens with zero attached hydrogens (tertiary/aromatic N) is 1. The van der Waals surface area contributed by atoms with Gasteiger partial charge < -0.3 is 22.9 Å². The maximum Gasteiger partial charge on any atom is 0.501 e. The molecule has 1 aliphatic carbocycles. The molecule has 158 valence electrons. The van der Waals surface area contributed by atoms with E-state index in [1.165, 1.54) is 37.8 Å². The van der Waals surface area contributed by atoms with Gasteiger partial charge in [-0.25, -0.2) is 0 Å². The largest absolute Gasteiger partial charge is 0.501 e. The second-order valence-electron chi connectivity index (χ2n) is 7.75. The molecular formula is C22H37NO4Si. The fourth-order valence-electron chi connectivity index (χ4n) is 4.43. The van der Waals surface area contributed by atoms with Gasteiger partial charge in [-0.15, -0.1) is 0 Å². The fourth-order valence-corrected chi connectivity index (χ4v) is 7.17. The Balaban J connectivity index is 1.78. The van der Waals surface area contributed by atoms with Crippen molar-refractivity contribution in [3.8, 4) is 0 Å². The minimum Gasteiger partial charge on any atom is -0.379 e. The van der Waals surface area contributed by atoms with Gasteiger partial charge in [0.2, 0.25) is 0 Å². The van der Waals surface area contributed by atoms with Crippen molar-refractivity contribution < 1.29 is 18.0 Å². The van der Waals surface area contributed by atoms with E-state index in [4.69, 9.17) is 18.0 Å². The summed E-state index contributed by atoms with van der Waals surface area (Å²) in [6, 6.07) is 12.2. The molecule has 1 aromatic rings. The molecule has 5 nitrogen and oxygen atoms in total. The number of rotatable bonds is 8. The van der Waals surface area contributed by atoms with Crippen LogP contribution in [0.25, 0.3) is 0 Å². The van der Waals surface area contributed by atoms with Gasteiger partial charge in [0.25, 0.3) is 0 Å². The topological polar surface area (TPSA) is 40.2 Å². The number of para-hydroxylation sites is 1. The van der Waals surface area contributed by atoms with Gasteiger partial charge in [0.1, 0.15) is 0 Å². The average Bonchev–Trinajstić information content (AvgIpc) is 2.71. The van der Waals surface area contributed by atoms with Crippen LogP contribution in [0.4, 0.5) is 5.69 Å². The molecule has 3 rings (SSSR count). The van der Waals surface area contributed by atoms with Gasteiger partial charge in [-0.3, -0.25) is 0 Å². The molecule has 1 unspecified atom stereocenters. The van der Waals surface area contributed by atoms with Crippen LogP contribution in [0.15, 0.2) is 30.3 Å². The molecule has 0 bridgehead atoms. The Kier molecular flexibility index (Phi) is 8.80. The molecule has 1 heterocycles. The molecule has 0 N–H and O–H groups in total. The van der Waals surface area contributed by atoms with Crippen molar-refractivity contribution in [2.45, 2.75) is 70.6 Å². The van der Waals surface area contributed by atoms with Gasteiger partial charge in [-0.1, -0.05) is 37.5 Å². The van der Waals surface area contributed by atoms with Gasteiger partial charge in [0.05, 0.1) is 12.7 Å². The molecule has 1 saturated heterocycles. The van der Waals surface area contributed by atoms with E-state index in [9.17, 15) is 0 Å². The molecule has 28 heavy (non-hydrogen) atoms. The molecule has 1 atom stereocenters. The van der Waals surface area contributed by atoms with E-state index in [0.29, 0.717) is 25.9 Å². The Morgan fingerprint density at radius 1 is 1.00 bits per heavy atom. The van der Waals surface area contributed by atoms with E-state index < -0.39 is 8.80 Å². The third-order valence-corrected chi connectivity index (χ3v) is 8.77. The third kappa shape index (κ3) is 6.04. The monoisotopic (exact) mass is 407 g/mol. The Morgan fingerprint density at radius 2 is 1.71 bits per heavy atom. The van der Waals surface area contributed by atoms with Gasteiger partial charge in [0, 0.05) is 44.1 Å². The third-order valence-electron chi connectivity index (χ3n) is 5.65. The number of anilines is 1. The minimum absolute atomic E-state index is 0.0350. The van der Waals surface area contributed by atoms with Crippen LogP contribution in [-0.4, -0.2) is 53.9 Å². The van der Waals surface area contributed by atoms with E-state index in [2.05, 4.69) is 35.2 Å². The number of benzene rings is 1. The van der Waals surface area contributed by atoms with Crippen molar-refractivity contribution in [1.29, 1.82) is 0 Å². The second kappa shape index (κ2) is 11.3. The molecule has 0 radical (unpaired) electrons. The predicted molar refractivity (Wildman–Crippen MR) is 115 cm³/mol. The van der Waals surface area contributed by atoms with Crippen LogP contribution in [0.5, 0.6) is 0 Å². The maximum atomic E-state index is 6.63. The summed E-state index contributed by atoms with van der Waals surface area (Å²) in [7, 11) is -2.65. The molecule has 6 heteroatoms. The maximum absolute atomic E-state index is 6.63. The van der Waals surface area contributed by atoms with Crippen molar-refractivity contribution in [2.24, 2.45) is 0 Å². The highest BCUT2D eigenvalue weighted by atomic mass is 28.4. The van der Waals surface area contributed by atoms with Crippen molar-refractivity contribution in [2.75, 3.05) is 37.9 Å². The zero-order chi connectivity index (χ0) is 19.7. The average molecular weight is 408 g/mol. The first kappa shape index (κ1) is 21.8. The quantitative estimate of drug-likeness (QED) is 0.587. The predicted octanol–water partition coefficient (Wildman–Crippen LogP) is 4.64. The molecule has 1 aromatic carbocycles. The van der Waals surface area contributed by atoms with Crippen LogP contribution >= 0.6 is 0 Å². The van der Waals surface area contributed by atoms with Crippen LogP contribution < -0.4 is 4.90 Å². The van der Waals surface area contributed by atoms with E-state index in [0.717, 1.165) is 25.6 Å². The first-order valence-electron chi connectivity index (χ1n) is 11.1. The molecule has 0 spiro atoms. The summed E-state index contributed by atoms with van der Waals surface area (Å²) < 4.78 is 24.8. The highest BCUT2D eigenvalue weighted by Gasteiger charge is 2.44.